The molecule has 0 aromatic heterocycles. The van der Waals surface area contributed by atoms with Crippen molar-refractivity contribution >= 4 is 0 Å². The second-order valence-corrected chi connectivity index (χ2v) is 4.65. The maximum absolute atomic E-state index is 9.32. The minimum Gasteiger partial charge on any atom is -0.394 e. The molecule has 0 aromatic rings. The molecule has 1 unspecified atom stereocenters. The predicted octanol–water partition coefficient (Wildman–Crippen LogP) is 1.93. The molecule has 2 N–H and O–H groups in total. The number of rotatable bonds is 6. The summed E-state index contributed by atoms with van der Waals surface area (Å²) < 4.78 is 0. The summed E-state index contributed by atoms with van der Waals surface area (Å²) in [6, 6.07) is 0. The zero-order valence-electron chi connectivity index (χ0n) is 8.97. The van der Waals surface area contributed by atoms with Crippen LogP contribution in [0.1, 0.15) is 46.0 Å². The second-order valence-electron chi connectivity index (χ2n) is 4.65. The van der Waals surface area contributed by atoms with Crippen molar-refractivity contribution in [3.05, 3.63) is 0 Å². The monoisotopic (exact) mass is 185 g/mol. The van der Waals surface area contributed by atoms with Gasteiger partial charge in [-0.25, -0.2) is 0 Å². The Labute approximate surface area is 81.7 Å². The summed E-state index contributed by atoms with van der Waals surface area (Å²) in [7, 11) is 0. The second kappa shape index (κ2) is 4.97. The lowest BCUT2D eigenvalue weighted by Crippen LogP contribution is -2.48. The highest BCUT2D eigenvalue weighted by molar-refractivity contribution is 4.87. The molecule has 0 amide bonds. The van der Waals surface area contributed by atoms with E-state index >= 15 is 0 Å². The van der Waals surface area contributed by atoms with E-state index in [0.717, 1.165) is 25.3 Å². The highest BCUT2D eigenvalue weighted by Crippen LogP contribution is 2.33. The van der Waals surface area contributed by atoms with Gasteiger partial charge in [-0.05, 0) is 32.2 Å². The number of aliphatic hydroxyl groups is 1. The molecule has 0 spiro atoms. The van der Waals surface area contributed by atoms with Crippen LogP contribution in [0.4, 0.5) is 0 Å². The molecule has 1 atom stereocenters. The third-order valence-electron chi connectivity index (χ3n) is 3.11. The third-order valence-corrected chi connectivity index (χ3v) is 3.11. The zero-order valence-corrected chi connectivity index (χ0v) is 8.97. The van der Waals surface area contributed by atoms with E-state index in [9.17, 15) is 5.11 Å². The summed E-state index contributed by atoms with van der Waals surface area (Å²) >= 11 is 0. The maximum Gasteiger partial charge on any atom is 0.0610 e. The molecular formula is C11H23NO. The van der Waals surface area contributed by atoms with Crippen LogP contribution < -0.4 is 5.32 Å². The van der Waals surface area contributed by atoms with E-state index in [0.29, 0.717) is 0 Å². The van der Waals surface area contributed by atoms with E-state index < -0.39 is 0 Å². The van der Waals surface area contributed by atoms with Crippen molar-refractivity contribution in [2.45, 2.75) is 51.5 Å². The Kier molecular flexibility index (Phi) is 4.20. The average molecular weight is 185 g/mol. The fourth-order valence-corrected chi connectivity index (χ4v) is 1.95. The van der Waals surface area contributed by atoms with Crippen molar-refractivity contribution < 1.29 is 5.11 Å². The van der Waals surface area contributed by atoms with Crippen molar-refractivity contribution in [3.63, 3.8) is 0 Å². The molecule has 78 valence electrons. The number of hydrogen-bond acceptors (Lipinski definition) is 2. The normalized spacial score (nSPS) is 22.4. The zero-order chi connectivity index (χ0) is 9.73. The van der Waals surface area contributed by atoms with Gasteiger partial charge in [0.2, 0.25) is 0 Å². The van der Waals surface area contributed by atoms with Crippen molar-refractivity contribution in [2.24, 2.45) is 5.92 Å². The van der Waals surface area contributed by atoms with Crippen LogP contribution in [-0.4, -0.2) is 23.8 Å². The largest absolute Gasteiger partial charge is 0.394 e. The van der Waals surface area contributed by atoms with Gasteiger partial charge in [0.15, 0.2) is 0 Å². The van der Waals surface area contributed by atoms with Gasteiger partial charge >= 0.3 is 0 Å². The van der Waals surface area contributed by atoms with Crippen LogP contribution in [0.3, 0.4) is 0 Å². The Bertz CT molecular complexity index is 145. The molecule has 2 nitrogen and oxygen atoms in total. The van der Waals surface area contributed by atoms with Gasteiger partial charge in [0.25, 0.3) is 0 Å². The summed E-state index contributed by atoms with van der Waals surface area (Å²) in [6.45, 7) is 5.59. The summed E-state index contributed by atoms with van der Waals surface area (Å²) in [5, 5.41) is 12.8. The molecule has 0 saturated heterocycles. The standard InChI is InChI=1S/C11H23NO/c1-3-7-12-11(2,9-13)8-10-5-4-6-10/h10,12-13H,3-9H2,1-2H3. The molecule has 0 heterocycles. The molecule has 1 aliphatic carbocycles. The van der Waals surface area contributed by atoms with Crippen molar-refractivity contribution in [1.29, 1.82) is 0 Å². The molecule has 0 aliphatic heterocycles. The molecule has 1 rings (SSSR count). The Hall–Kier alpha value is -0.0800. The lowest BCUT2D eigenvalue weighted by atomic mass is 9.77. The first-order valence-electron chi connectivity index (χ1n) is 5.56. The van der Waals surface area contributed by atoms with Crippen LogP contribution in [0, 0.1) is 5.92 Å². The molecule has 1 aliphatic rings. The Morgan fingerprint density at radius 3 is 2.54 bits per heavy atom. The van der Waals surface area contributed by atoms with E-state index in [1.807, 2.05) is 0 Å². The number of aliphatic hydroxyl groups excluding tert-OH is 1. The highest BCUT2D eigenvalue weighted by Gasteiger charge is 2.29. The summed E-state index contributed by atoms with van der Waals surface area (Å²) in [5.41, 5.74) is -0.0267. The minimum absolute atomic E-state index is 0.0267. The Morgan fingerprint density at radius 2 is 2.15 bits per heavy atom. The first kappa shape index (κ1) is 11.0. The Balaban J connectivity index is 2.28. The highest BCUT2D eigenvalue weighted by atomic mass is 16.3. The lowest BCUT2D eigenvalue weighted by molar-refractivity contribution is 0.125. The predicted molar refractivity (Wildman–Crippen MR) is 55.7 cm³/mol. The first-order valence-corrected chi connectivity index (χ1v) is 5.56. The van der Waals surface area contributed by atoms with Gasteiger partial charge in [0.1, 0.15) is 0 Å². The van der Waals surface area contributed by atoms with Crippen molar-refractivity contribution in [2.75, 3.05) is 13.2 Å². The topological polar surface area (TPSA) is 32.3 Å². The van der Waals surface area contributed by atoms with Gasteiger partial charge in [-0.3, -0.25) is 0 Å². The van der Waals surface area contributed by atoms with Crippen molar-refractivity contribution in [1.82, 2.24) is 5.32 Å². The van der Waals surface area contributed by atoms with Gasteiger partial charge < -0.3 is 10.4 Å². The fourth-order valence-electron chi connectivity index (χ4n) is 1.95. The smallest absolute Gasteiger partial charge is 0.0610 e. The number of nitrogens with one attached hydrogen (secondary N) is 1. The summed E-state index contributed by atoms with van der Waals surface area (Å²) in [6.07, 6.45) is 6.40. The van der Waals surface area contributed by atoms with Gasteiger partial charge in [-0.1, -0.05) is 26.2 Å². The molecule has 0 radical (unpaired) electrons. The van der Waals surface area contributed by atoms with Crippen LogP contribution >= 0.6 is 0 Å². The van der Waals surface area contributed by atoms with Gasteiger partial charge in [0.05, 0.1) is 6.61 Å². The van der Waals surface area contributed by atoms with Crippen LogP contribution in [-0.2, 0) is 0 Å². The molecule has 1 fully saturated rings. The average Bonchev–Trinajstić information content (AvgIpc) is 2.08. The van der Waals surface area contributed by atoms with E-state index in [1.54, 1.807) is 0 Å². The minimum atomic E-state index is -0.0267. The third kappa shape index (κ3) is 3.28. The molecule has 2 heteroatoms. The van der Waals surface area contributed by atoms with Gasteiger partial charge in [-0.15, -0.1) is 0 Å². The van der Waals surface area contributed by atoms with Crippen LogP contribution in [0.25, 0.3) is 0 Å². The lowest BCUT2D eigenvalue weighted by Gasteiger charge is -2.36. The van der Waals surface area contributed by atoms with E-state index in [4.69, 9.17) is 0 Å². The SMILES string of the molecule is CCCNC(C)(CO)CC1CCC1. The molecular weight excluding hydrogens is 162 g/mol. The van der Waals surface area contributed by atoms with E-state index in [-0.39, 0.29) is 12.1 Å². The van der Waals surface area contributed by atoms with Crippen LogP contribution in [0.5, 0.6) is 0 Å². The van der Waals surface area contributed by atoms with Gasteiger partial charge in [0, 0.05) is 5.54 Å². The molecule has 0 aromatic carbocycles. The number of hydrogen-bond donors (Lipinski definition) is 2. The molecule has 1 saturated carbocycles. The first-order chi connectivity index (χ1) is 6.20. The summed E-state index contributed by atoms with van der Waals surface area (Å²) in [5.74, 6) is 0.863. The van der Waals surface area contributed by atoms with Crippen molar-refractivity contribution in [3.8, 4) is 0 Å². The van der Waals surface area contributed by atoms with Crippen LogP contribution in [0.15, 0.2) is 0 Å². The molecule has 13 heavy (non-hydrogen) atoms. The van der Waals surface area contributed by atoms with E-state index in [2.05, 4.69) is 19.2 Å². The quantitative estimate of drug-likeness (QED) is 0.662. The Morgan fingerprint density at radius 1 is 1.46 bits per heavy atom. The van der Waals surface area contributed by atoms with Crippen LogP contribution in [0.2, 0.25) is 0 Å². The molecule has 0 bridgehead atoms. The maximum atomic E-state index is 9.32. The fraction of sp³-hybridized carbons (Fsp3) is 1.00. The van der Waals surface area contributed by atoms with E-state index in [1.165, 1.54) is 19.3 Å². The summed E-state index contributed by atoms with van der Waals surface area (Å²) in [4.78, 5) is 0. The van der Waals surface area contributed by atoms with Gasteiger partial charge in [-0.2, -0.15) is 0 Å².